The van der Waals surface area contributed by atoms with Gasteiger partial charge in [-0.25, -0.2) is 14.6 Å². The second-order valence-electron chi connectivity index (χ2n) is 8.37. The van der Waals surface area contributed by atoms with Gasteiger partial charge in [-0.15, -0.1) is 0 Å². The number of hydrogen-bond donors (Lipinski definition) is 5. The largest absolute Gasteiger partial charge is 0.480 e. The highest BCUT2D eigenvalue weighted by atomic mass is 16.5. The van der Waals surface area contributed by atoms with Crippen molar-refractivity contribution in [1.82, 2.24) is 25.9 Å². The number of alkyl carbamates (subject to hydrolysis) is 1. The van der Waals surface area contributed by atoms with E-state index in [1.54, 1.807) is 36.4 Å². The SMILES string of the molecule is O=C(N[C@@H](Cc1nc2ccc(C=CCCNC3=NCCN3)cc2c(=O)[nH]1)C(=O)O)OCc1ccccc1. The summed E-state index contributed by atoms with van der Waals surface area (Å²) in [6.45, 7) is 2.38. The van der Waals surface area contributed by atoms with Gasteiger partial charge in [0.25, 0.3) is 5.56 Å². The van der Waals surface area contributed by atoms with Gasteiger partial charge in [-0.2, -0.15) is 0 Å². The molecule has 0 bridgehead atoms. The molecule has 1 amide bonds. The number of H-pyrrole nitrogens is 1. The summed E-state index contributed by atoms with van der Waals surface area (Å²) in [5.41, 5.74) is 1.65. The first-order chi connectivity index (χ1) is 18.0. The van der Waals surface area contributed by atoms with Crippen LogP contribution in [0.15, 0.2) is 64.4 Å². The summed E-state index contributed by atoms with van der Waals surface area (Å²) in [4.78, 5) is 47.8. The van der Waals surface area contributed by atoms with E-state index in [4.69, 9.17) is 4.74 Å². The number of benzene rings is 2. The molecule has 11 heteroatoms. The van der Waals surface area contributed by atoms with E-state index in [1.807, 2.05) is 24.3 Å². The van der Waals surface area contributed by atoms with E-state index in [9.17, 15) is 19.5 Å². The van der Waals surface area contributed by atoms with E-state index in [-0.39, 0.29) is 18.9 Å². The molecule has 0 spiro atoms. The second kappa shape index (κ2) is 12.3. The minimum atomic E-state index is -1.33. The molecule has 0 saturated carbocycles. The Kier molecular flexibility index (Phi) is 8.48. The lowest BCUT2D eigenvalue weighted by Gasteiger charge is -2.14. The van der Waals surface area contributed by atoms with E-state index < -0.39 is 23.7 Å². The highest BCUT2D eigenvalue weighted by molar-refractivity contribution is 5.82. The molecule has 0 unspecified atom stereocenters. The molecule has 2 aromatic carbocycles. The van der Waals surface area contributed by atoms with Gasteiger partial charge in [0.2, 0.25) is 0 Å². The number of aromatic nitrogens is 2. The Labute approximate surface area is 212 Å². The molecule has 192 valence electrons. The molecule has 2 heterocycles. The van der Waals surface area contributed by atoms with E-state index >= 15 is 0 Å². The molecule has 0 fully saturated rings. The number of carbonyl (C=O) groups is 2. The highest BCUT2D eigenvalue weighted by Crippen LogP contribution is 2.13. The molecular weight excluding hydrogens is 476 g/mol. The van der Waals surface area contributed by atoms with Crippen LogP contribution in [0.25, 0.3) is 17.0 Å². The number of carbonyl (C=O) groups excluding carboxylic acids is 1. The number of nitrogens with zero attached hydrogens (tertiary/aromatic N) is 2. The predicted molar refractivity (Wildman–Crippen MR) is 139 cm³/mol. The number of carboxylic acids is 1. The summed E-state index contributed by atoms with van der Waals surface area (Å²) in [7, 11) is 0. The van der Waals surface area contributed by atoms with Crippen molar-refractivity contribution in [3.63, 3.8) is 0 Å². The third-order valence-corrected chi connectivity index (χ3v) is 5.57. The van der Waals surface area contributed by atoms with Gasteiger partial charge < -0.3 is 30.8 Å². The molecule has 1 atom stereocenters. The number of nitrogens with one attached hydrogen (secondary N) is 4. The molecule has 1 aliphatic rings. The zero-order chi connectivity index (χ0) is 26.0. The number of hydrogen-bond acceptors (Lipinski definition) is 8. The summed E-state index contributed by atoms with van der Waals surface area (Å²) >= 11 is 0. The molecule has 0 saturated heterocycles. The average Bonchev–Trinajstić information content (AvgIpc) is 3.41. The molecule has 3 aromatic rings. The van der Waals surface area contributed by atoms with Crippen LogP contribution in [0, 0.1) is 0 Å². The van der Waals surface area contributed by atoms with Crippen molar-refractivity contribution in [3.05, 3.63) is 81.9 Å². The van der Waals surface area contributed by atoms with Crippen molar-refractivity contribution in [2.24, 2.45) is 4.99 Å². The fourth-order valence-electron chi connectivity index (χ4n) is 3.72. The van der Waals surface area contributed by atoms with Crippen LogP contribution >= 0.6 is 0 Å². The smallest absolute Gasteiger partial charge is 0.408 e. The Morgan fingerprint density at radius 3 is 2.78 bits per heavy atom. The van der Waals surface area contributed by atoms with E-state index in [2.05, 4.69) is 30.9 Å². The summed E-state index contributed by atoms with van der Waals surface area (Å²) in [6.07, 6.45) is 3.61. The fraction of sp³-hybridized carbons (Fsp3) is 0.269. The van der Waals surface area contributed by atoms with Crippen LogP contribution in [0.2, 0.25) is 0 Å². The van der Waals surface area contributed by atoms with Crippen LogP contribution in [-0.4, -0.2) is 58.8 Å². The zero-order valence-corrected chi connectivity index (χ0v) is 20.1. The quantitative estimate of drug-likeness (QED) is 0.262. The van der Waals surface area contributed by atoms with Gasteiger partial charge >= 0.3 is 12.1 Å². The maximum atomic E-state index is 12.7. The van der Waals surface area contributed by atoms with E-state index in [0.29, 0.717) is 10.9 Å². The average molecular weight is 505 g/mol. The number of rotatable bonds is 10. The van der Waals surface area contributed by atoms with Crippen molar-refractivity contribution in [2.75, 3.05) is 19.6 Å². The number of ether oxygens (including phenoxy) is 1. The van der Waals surface area contributed by atoms with Gasteiger partial charge in [0.15, 0.2) is 5.96 Å². The molecule has 4 rings (SSSR count). The van der Waals surface area contributed by atoms with Gasteiger partial charge in [0, 0.05) is 19.5 Å². The van der Waals surface area contributed by atoms with Gasteiger partial charge in [-0.1, -0.05) is 48.6 Å². The molecule has 1 aliphatic heterocycles. The van der Waals surface area contributed by atoms with Crippen molar-refractivity contribution >= 4 is 35.0 Å². The van der Waals surface area contributed by atoms with Crippen LogP contribution in [0.1, 0.15) is 23.4 Å². The Morgan fingerprint density at radius 1 is 1.19 bits per heavy atom. The lowest BCUT2D eigenvalue weighted by atomic mass is 10.1. The van der Waals surface area contributed by atoms with Crippen molar-refractivity contribution in [1.29, 1.82) is 0 Å². The number of amides is 1. The highest BCUT2D eigenvalue weighted by Gasteiger charge is 2.23. The Bertz CT molecular complexity index is 1370. The van der Waals surface area contributed by atoms with Crippen LogP contribution in [0.3, 0.4) is 0 Å². The lowest BCUT2D eigenvalue weighted by Crippen LogP contribution is -2.43. The third kappa shape index (κ3) is 7.40. The van der Waals surface area contributed by atoms with Gasteiger partial charge in [-0.05, 0) is 29.7 Å². The number of aliphatic imine (C=N–C) groups is 1. The van der Waals surface area contributed by atoms with E-state index in [0.717, 1.165) is 43.1 Å². The standard InChI is InChI=1S/C26H28N6O5/c33-23-19-14-17(6-4-5-11-27-25-28-12-13-29-25)9-10-20(19)30-22(32-23)15-21(24(34)35)31-26(36)37-16-18-7-2-1-3-8-18/h1-4,6-10,14,21H,5,11-13,15-16H2,(H,31,36)(H,34,35)(H2,27,28,29)(H,30,32,33)/t21-/m0/s1. The molecule has 11 nitrogen and oxygen atoms in total. The summed E-state index contributed by atoms with van der Waals surface area (Å²) < 4.78 is 5.10. The number of aromatic amines is 1. The number of guanidine groups is 1. The van der Waals surface area contributed by atoms with Crippen molar-refractivity contribution in [3.8, 4) is 0 Å². The Balaban J connectivity index is 1.36. The van der Waals surface area contributed by atoms with Gasteiger partial charge in [-0.3, -0.25) is 9.79 Å². The molecule has 37 heavy (non-hydrogen) atoms. The Morgan fingerprint density at radius 2 is 2.03 bits per heavy atom. The minimum Gasteiger partial charge on any atom is -0.480 e. The first-order valence-corrected chi connectivity index (χ1v) is 11.9. The lowest BCUT2D eigenvalue weighted by molar-refractivity contribution is -0.139. The van der Waals surface area contributed by atoms with Crippen LogP contribution in [0.5, 0.6) is 0 Å². The van der Waals surface area contributed by atoms with Crippen LogP contribution in [0.4, 0.5) is 4.79 Å². The number of aliphatic carboxylic acids is 1. The maximum absolute atomic E-state index is 12.7. The summed E-state index contributed by atoms with van der Waals surface area (Å²) in [5, 5.41) is 18.6. The van der Waals surface area contributed by atoms with Crippen LogP contribution < -0.4 is 21.5 Å². The molecule has 0 aliphatic carbocycles. The summed E-state index contributed by atoms with van der Waals surface area (Å²) in [6, 6.07) is 13.0. The number of fused-ring (bicyclic) bond motifs is 1. The molecule has 5 N–H and O–H groups in total. The van der Waals surface area contributed by atoms with E-state index in [1.165, 1.54) is 0 Å². The minimum absolute atomic E-state index is 0.00383. The zero-order valence-electron chi connectivity index (χ0n) is 20.1. The third-order valence-electron chi connectivity index (χ3n) is 5.57. The molecular formula is C26H28N6O5. The fourth-order valence-corrected chi connectivity index (χ4v) is 3.72. The number of carboxylic acid groups (broad SMARTS) is 1. The van der Waals surface area contributed by atoms with Crippen LogP contribution in [-0.2, 0) is 22.6 Å². The van der Waals surface area contributed by atoms with Crippen molar-refractivity contribution in [2.45, 2.75) is 25.5 Å². The van der Waals surface area contributed by atoms with Crippen molar-refractivity contribution < 1.29 is 19.4 Å². The monoisotopic (exact) mass is 504 g/mol. The maximum Gasteiger partial charge on any atom is 0.408 e. The molecule has 0 radical (unpaired) electrons. The van der Waals surface area contributed by atoms with Gasteiger partial charge in [0.1, 0.15) is 18.5 Å². The Hall–Kier alpha value is -4.67. The second-order valence-corrected chi connectivity index (χ2v) is 8.37. The summed E-state index contributed by atoms with van der Waals surface area (Å²) in [5.74, 6) is -0.312. The normalized spacial score (nSPS) is 13.7. The first kappa shape index (κ1) is 25.4. The molecule has 1 aromatic heterocycles. The predicted octanol–water partition coefficient (Wildman–Crippen LogP) is 1.80. The topological polar surface area (TPSA) is 158 Å². The first-order valence-electron chi connectivity index (χ1n) is 11.9. The van der Waals surface area contributed by atoms with Gasteiger partial charge in [0.05, 0.1) is 17.4 Å².